The van der Waals surface area contributed by atoms with Crippen molar-refractivity contribution >= 4 is 28.8 Å². The molecule has 124 valence electrons. The molecule has 6 nitrogen and oxygen atoms in total. The smallest absolute Gasteiger partial charge is 0.261 e. The summed E-state index contributed by atoms with van der Waals surface area (Å²) in [5.41, 5.74) is 2.14. The van der Waals surface area contributed by atoms with Crippen molar-refractivity contribution in [2.24, 2.45) is 0 Å². The summed E-state index contributed by atoms with van der Waals surface area (Å²) in [6.07, 6.45) is 0. The Labute approximate surface area is 146 Å². The highest BCUT2D eigenvalue weighted by Gasteiger charge is 2.19. The van der Waals surface area contributed by atoms with Gasteiger partial charge in [-0.2, -0.15) is 0 Å². The van der Waals surface area contributed by atoms with Gasteiger partial charge >= 0.3 is 0 Å². The molecule has 4 rings (SSSR count). The summed E-state index contributed by atoms with van der Waals surface area (Å²) in [7, 11) is 0. The normalized spacial score (nSPS) is 12.6. The van der Waals surface area contributed by atoms with Crippen LogP contribution in [0.5, 0.6) is 0 Å². The van der Waals surface area contributed by atoms with Crippen LogP contribution in [0.4, 0.5) is 5.69 Å². The van der Waals surface area contributed by atoms with Gasteiger partial charge in [0.25, 0.3) is 17.4 Å². The van der Waals surface area contributed by atoms with E-state index in [1.54, 1.807) is 24.3 Å². The van der Waals surface area contributed by atoms with Gasteiger partial charge in [0.1, 0.15) is 5.56 Å². The number of aromatic amines is 1. The molecule has 2 amide bonds. The lowest BCUT2D eigenvalue weighted by molar-refractivity contribution is 0.0964. The third-order valence-electron chi connectivity index (χ3n) is 3.99. The lowest BCUT2D eigenvalue weighted by atomic mass is 10.1. The van der Waals surface area contributed by atoms with Crippen LogP contribution >= 0.6 is 11.3 Å². The first-order chi connectivity index (χ1) is 12.1. The lowest BCUT2D eigenvalue weighted by Crippen LogP contribution is -2.23. The fourth-order valence-electron chi connectivity index (χ4n) is 2.72. The molecular formula is C18H13N3O3S. The topological polar surface area (TPSA) is 91.1 Å². The van der Waals surface area contributed by atoms with Crippen molar-refractivity contribution in [2.75, 3.05) is 5.32 Å². The zero-order valence-electron chi connectivity index (χ0n) is 13.0. The fourth-order valence-corrected chi connectivity index (χ4v) is 3.42. The SMILES string of the molecule is O=C1NCc2ccc(NC(=O)c3ccc(-c4cccs4)[nH]c3=O)cc21. The molecule has 0 saturated carbocycles. The molecule has 0 spiro atoms. The maximum absolute atomic E-state index is 12.4. The van der Waals surface area contributed by atoms with E-state index in [9.17, 15) is 14.4 Å². The zero-order valence-corrected chi connectivity index (χ0v) is 13.8. The van der Waals surface area contributed by atoms with Crippen LogP contribution in [0.15, 0.2) is 52.6 Å². The molecule has 3 heterocycles. The first-order valence-corrected chi connectivity index (χ1v) is 8.49. The summed E-state index contributed by atoms with van der Waals surface area (Å²) in [6, 6.07) is 12.1. The molecule has 0 bridgehead atoms. The van der Waals surface area contributed by atoms with Gasteiger partial charge in [0.2, 0.25) is 0 Å². The highest BCUT2D eigenvalue weighted by Crippen LogP contribution is 2.22. The van der Waals surface area contributed by atoms with E-state index < -0.39 is 11.5 Å². The van der Waals surface area contributed by atoms with Crippen molar-refractivity contribution in [1.29, 1.82) is 0 Å². The number of nitrogens with one attached hydrogen (secondary N) is 3. The summed E-state index contributed by atoms with van der Waals surface area (Å²) in [5.74, 6) is -0.679. The standard InChI is InChI=1S/C18H13N3O3S/c22-16-13-8-11(4-3-10(13)9-19-16)20-17(23)12-5-6-14(21-18(12)24)15-2-1-7-25-15/h1-8H,9H2,(H,19,22)(H,20,23)(H,21,24). The number of aromatic nitrogens is 1. The van der Waals surface area contributed by atoms with Gasteiger partial charge in [-0.1, -0.05) is 12.1 Å². The number of H-pyrrole nitrogens is 1. The second kappa shape index (κ2) is 6.03. The van der Waals surface area contributed by atoms with E-state index in [0.717, 1.165) is 10.4 Å². The van der Waals surface area contributed by atoms with Crippen molar-refractivity contribution < 1.29 is 9.59 Å². The van der Waals surface area contributed by atoms with Crippen molar-refractivity contribution in [3.05, 3.63) is 74.9 Å². The summed E-state index contributed by atoms with van der Waals surface area (Å²) in [6.45, 7) is 0.492. The average Bonchev–Trinajstić information content (AvgIpc) is 3.25. The molecule has 3 N–H and O–H groups in total. The molecule has 25 heavy (non-hydrogen) atoms. The maximum atomic E-state index is 12.4. The summed E-state index contributed by atoms with van der Waals surface area (Å²) in [4.78, 5) is 40.0. The first-order valence-electron chi connectivity index (χ1n) is 7.61. The predicted octanol–water partition coefficient (Wildman–Crippen LogP) is 2.60. The van der Waals surface area contributed by atoms with E-state index in [1.807, 2.05) is 17.5 Å². The summed E-state index contributed by atoms with van der Waals surface area (Å²) < 4.78 is 0. The number of benzene rings is 1. The van der Waals surface area contributed by atoms with Gasteiger partial charge in [0.15, 0.2) is 0 Å². The molecule has 0 unspecified atom stereocenters. The van der Waals surface area contributed by atoms with Crippen molar-refractivity contribution in [3.8, 4) is 10.6 Å². The molecule has 7 heteroatoms. The number of carbonyl (C=O) groups is 2. The first kappa shape index (κ1) is 15.3. The largest absolute Gasteiger partial charge is 0.348 e. The van der Waals surface area contributed by atoms with E-state index in [-0.39, 0.29) is 11.5 Å². The second-order valence-electron chi connectivity index (χ2n) is 5.60. The third-order valence-corrected chi connectivity index (χ3v) is 4.90. The Balaban J connectivity index is 1.59. The van der Waals surface area contributed by atoms with E-state index in [4.69, 9.17) is 0 Å². The van der Waals surface area contributed by atoms with Crippen LogP contribution < -0.4 is 16.2 Å². The van der Waals surface area contributed by atoms with Gasteiger partial charge in [-0.05, 0) is 41.3 Å². The quantitative estimate of drug-likeness (QED) is 0.677. The summed E-state index contributed by atoms with van der Waals surface area (Å²) >= 11 is 1.50. The molecule has 0 saturated heterocycles. The van der Waals surface area contributed by atoms with Crippen LogP contribution in [0.3, 0.4) is 0 Å². The second-order valence-corrected chi connectivity index (χ2v) is 6.55. The molecule has 0 radical (unpaired) electrons. The molecule has 2 aromatic heterocycles. The minimum absolute atomic E-state index is 0.0188. The molecule has 0 atom stereocenters. The number of hydrogen-bond acceptors (Lipinski definition) is 4. The van der Waals surface area contributed by atoms with Crippen molar-refractivity contribution in [1.82, 2.24) is 10.3 Å². The third kappa shape index (κ3) is 2.85. The predicted molar refractivity (Wildman–Crippen MR) is 95.9 cm³/mol. The van der Waals surface area contributed by atoms with Crippen molar-refractivity contribution in [3.63, 3.8) is 0 Å². The molecule has 1 aliphatic heterocycles. The van der Waals surface area contributed by atoms with E-state index in [2.05, 4.69) is 15.6 Å². The number of hydrogen-bond donors (Lipinski definition) is 3. The van der Waals surface area contributed by atoms with Gasteiger partial charge in [-0.25, -0.2) is 0 Å². The number of carbonyl (C=O) groups excluding carboxylic acids is 2. The Kier molecular flexibility index (Phi) is 3.70. The maximum Gasteiger partial charge on any atom is 0.261 e. The molecule has 1 aromatic carbocycles. The number of rotatable bonds is 3. The van der Waals surface area contributed by atoms with Crippen LogP contribution in [-0.4, -0.2) is 16.8 Å². The van der Waals surface area contributed by atoms with E-state index >= 15 is 0 Å². The average molecular weight is 351 g/mol. The lowest BCUT2D eigenvalue weighted by Gasteiger charge is -2.07. The Morgan fingerprint density at radius 2 is 2.00 bits per heavy atom. The van der Waals surface area contributed by atoms with Crippen LogP contribution in [0.25, 0.3) is 10.6 Å². The highest BCUT2D eigenvalue weighted by atomic mass is 32.1. The van der Waals surface area contributed by atoms with Crippen molar-refractivity contribution in [2.45, 2.75) is 6.54 Å². The number of pyridine rings is 1. The van der Waals surface area contributed by atoms with Gasteiger partial charge in [-0.3, -0.25) is 14.4 Å². The van der Waals surface area contributed by atoms with Gasteiger partial charge in [0, 0.05) is 17.8 Å². The Bertz CT molecular complexity index is 1040. The van der Waals surface area contributed by atoms with Gasteiger partial charge < -0.3 is 15.6 Å². The molecule has 0 aliphatic carbocycles. The van der Waals surface area contributed by atoms with Crippen LogP contribution in [-0.2, 0) is 6.54 Å². The molecule has 3 aromatic rings. The number of fused-ring (bicyclic) bond motifs is 1. The van der Waals surface area contributed by atoms with E-state index in [0.29, 0.717) is 23.5 Å². The Morgan fingerprint density at radius 1 is 1.12 bits per heavy atom. The van der Waals surface area contributed by atoms with Crippen LogP contribution in [0, 0.1) is 0 Å². The Morgan fingerprint density at radius 3 is 2.76 bits per heavy atom. The minimum Gasteiger partial charge on any atom is -0.348 e. The monoisotopic (exact) mass is 351 g/mol. The number of anilines is 1. The van der Waals surface area contributed by atoms with Crippen LogP contribution in [0.1, 0.15) is 26.3 Å². The fraction of sp³-hybridized carbons (Fsp3) is 0.0556. The van der Waals surface area contributed by atoms with Gasteiger partial charge in [0.05, 0.1) is 10.6 Å². The number of thiophene rings is 1. The zero-order chi connectivity index (χ0) is 17.4. The van der Waals surface area contributed by atoms with E-state index in [1.165, 1.54) is 17.4 Å². The minimum atomic E-state index is -0.516. The Hall–Kier alpha value is -3.19. The van der Waals surface area contributed by atoms with Gasteiger partial charge in [-0.15, -0.1) is 11.3 Å². The summed E-state index contributed by atoms with van der Waals surface area (Å²) in [5, 5.41) is 7.30. The molecule has 1 aliphatic rings. The highest BCUT2D eigenvalue weighted by molar-refractivity contribution is 7.13. The molecule has 0 fully saturated rings. The molecular weight excluding hydrogens is 338 g/mol. The number of amides is 2. The van der Waals surface area contributed by atoms with Crippen LogP contribution in [0.2, 0.25) is 0 Å².